The van der Waals surface area contributed by atoms with Gasteiger partial charge in [0.05, 0.1) is 6.61 Å². The van der Waals surface area contributed by atoms with Gasteiger partial charge >= 0.3 is 0 Å². The van der Waals surface area contributed by atoms with E-state index in [1.54, 1.807) is 11.1 Å². The lowest BCUT2D eigenvalue weighted by Crippen LogP contribution is -2.50. The first-order chi connectivity index (χ1) is 15.6. The molecule has 0 spiro atoms. The highest BCUT2D eigenvalue weighted by molar-refractivity contribution is 5.47. The molecule has 1 saturated heterocycles. The summed E-state index contributed by atoms with van der Waals surface area (Å²) in [5.74, 6) is 7.15. The molecule has 32 heavy (non-hydrogen) atoms. The van der Waals surface area contributed by atoms with E-state index in [0.29, 0.717) is 16.9 Å². The third kappa shape index (κ3) is 2.87. The van der Waals surface area contributed by atoms with Gasteiger partial charge in [-0.25, -0.2) is 0 Å². The Kier molecular flexibility index (Phi) is 3.95. The van der Waals surface area contributed by atoms with Crippen molar-refractivity contribution < 1.29 is 9.47 Å². The van der Waals surface area contributed by atoms with Crippen LogP contribution in [0.2, 0.25) is 0 Å². The first kappa shape index (κ1) is 19.3. The Bertz CT molecular complexity index is 856. The average Bonchev–Trinajstić information content (AvgIpc) is 3.57. The van der Waals surface area contributed by atoms with Crippen LogP contribution in [0.3, 0.4) is 0 Å². The molecule has 0 amide bonds. The van der Waals surface area contributed by atoms with Crippen molar-refractivity contribution in [3.63, 3.8) is 0 Å². The lowest BCUT2D eigenvalue weighted by atomic mass is 9.46. The van der Waals surface area contributed by atoms with Gasteiger partial charge in [-0.05, 0) is 142 Å². The van der Waals surface area contributed by atoms with Gasteiger partial charge < -0.3 is 9.47 Å². The van der Waals surface area contributed by atoms with E-state index in [2.05, 4.69) is 25.1 Å². The van der Waals surface area contributed by atoms with E-state index in [1.165, 1.54) is 82.8 Å². The second kappa shape index (κ2) is 6.55. The summed E-state index contributed by atoms with van der Waals surface area (Å²) in [6.45, 7) is 3.09. The zero-order valence-electron chi connectivity index (χ0n) is 19.9. The van der Waals surface area contributed by atoms with E-state index >= 15 is 0 Å². The van der Waals surface area contributed by atoms with Crippen molar-refractivity contribution in [2.75, 3.05) is 6.61 Å². The number of benzene rings is 1. The summed E-state index contributed by atoms with van der Waals surface area (Å²) in [6.07, 6.45) is 18.3. The van der Waals surface area contributed by atoms with Crippen molar-refractivity contribution >= 4 is 0 Å². The quantitative estimate of drug-likeness (QED) is 0.478. The van der Waals surface area contributed by atoms with Gasteiger partial charge in [0.2, 0.25) is 0 Å². The summed E-state index contributed by atoms with van der Waals surface area (Å²) < 4.78 is 12.3. The molecular formula is C30H40O2. The predicted octanol–water partition coefficient (Wildman–Crippen LogP) is 6.79. The second-order valence-corrected chi connectivity index (χ2v) is 13.8. The van der Waals surface area contributed by atoms with E-state index in [1.807, 2.05) is 0 Å². The van der Waals surface area contributed by atoms with Crippen LogP contribution in [0.5, 0.6) is 5.75 Å². The Hall–Kier alpha value is -1.02. The zero-order valence-corrected chi connectivity index (χ0v) is 19.9. The van der Waals surface area contributed by atoms with Crippen molar-refractivity contribution in [2.24, 2.45) is 35.5 Å². The largest absolute Gasteiger partial charge is 0.488 e. The monoisotopic (exact) mass is 432 g/mol. The number of hydrogen-bond acceptors (Lipinski definition) is 2. The van der Waals surface area contributed by atoms with Crippen molar-refractivity contribution in [3.05, 3.63) is 29.3 Å². The Labute approximate surface area is 193 Å². The van der Waals surface area contributed by atoms with Crippen LogP contribution >= 0.6 is 0 Å². The number of rotatable bonds is 5. The Morgan fingerprint density at radius 1 is 0.750 bits per heavy atom. The number of hydrogen-bond donors (Lipinski definition) is 0. The van der Waals surface area contributed by atoms with E-state index in [-0.39, 0.29) is 6.10 Å². The molecule has 9 fully saturated rings. The third-order valence-electron chi connectivity index (χ3n) is 11.4. The topological polar surface area (TPSA) is 21.8 Å². The second-order valence-electron chi connectivity index (χ2n) is 13.8. The van der Waals surface area contributed by atoms with Gasteiger partial charge in [0, 0.05) is 5.56 Å². The summed E-state index contributed by atoms with van der Waals surface area (Å²) in [6, 6.07) is 7.66. The molecule has 1 aliphatic heterocycles. The fourth-order valence-corrected chi connectivity index (χ4v) is 10.9. The Morgan fingerprint density at radius 2 is 1.22 bits per heavy atom. The summed E-state index contributed by atoms with van der Waals surface area (Å²) in [7, 11) is 0. The standard InChI is InChI=1S/C30H40O2/c1-18(28-17-31-28)32-27-3-2-25(29-11-19-4-20(12-29)6-21(5-19)13-29)10-26(27)30-14-22-7-23(15-30)9-24(8-22)16-30/h2-3,10,18-24,28H,4-9,11-17H2,1H3. The van der Waals surface area contributed by atoms with Crippen LogP contribution in [0, 0.1) is 35.5 Å². The highest BCUT2D eigenvalue weighted by atomic mass is 16.6. The Balaban J connectivity index is 1.22. The van der Waals surface area contributed by atoms with Gasteiger partial charge in [0.15, 0.2) is 0 Å². The zero-order chi connectivity index (χ0) is 21.1. The molecule has 2 atom stereocenters. The van der Waals surface area contributed by atoms with Crippen LogP contribution in [0.4, 0.5) is 0 Å². The molecule has 8 bridgehead atoms. The van der Waals surface area contributed by atoms with Crippen LogP contribution in [0.25, 0.3) is 0 Å². The molecule has 1 aromatic carbocycles. The van der Waals surface area contributed by atoms with Gasteiger partial charge in [-0.2, -0.15) is 0 Å². The van der Waals surface area contributed by atoms with E-state index in [4.69, 9.17) is 9.47 Å². The van der Waals surface area contributed by atoms with Gasteiger partial charge in [0.25, 0.3) is 0 Å². The normalized spacial score (nSPS) is 50.6. The van der Waals surface area contributed by atoms with Crippen molar-refractivity contribution in [3.8, 4) is 5.75 Å². The van der Waals surface area contributed by atoms with Crippen LogP contribution in [-0.2, 0) is 15.6 Å². The maximum Gasteiger partial charge on any atom is 0.124 e. The molecule has 10 rings (SSSR count). The minimum Gasteiger partial charge on any atom is -0.488 e. The molecule has 2 heteroatoms. The number of epoxide rings is 1. The first-order valence-electron chi connectivity index (χ1n) is 14.0. The van der Waals surface area contributed by atoms with E-state index < -0.39 is 0 Å². The third-order valence-corrected chi connectivity index (χ3v) is 11.4. The molecule has 8 saturated carbocycles. The highest BCUT2D eigenvalue weighted by Crippen LogP contribution is 2.64. The van der Waals surface area contributed by atoms with Gasteiger partial charge in [-0.15, -0.1) is 0 Å². The van der Waals surface area contributed by atoms with E-state index in [0.717, 1.165) is 42.1 Å². The fourth-order valence-electron chi connectivity index (χ4n) is 10.9. The summed E-state index contributed by atoms with van der Waals surface area (Å²) >= 11 is 0. The highest BCUT2D eigenvalue weighted by Gasteiger charge is 2.55. The van der Waals surface area contributed by atoms with Gasteiger partial charge in [-0.1, -0.05) is 12.1 Å². The molecule has 1 heterocycles. The number of ether oxygens (including phenoxy) is 2. The van der Waals surface area contributed by atoms with Crippen molar-refractivity contribution in [1.82, 2.24) is 0 Å². The maximum atomic E-state index is 6.71. The summed E-state index contributed by atoms with van der Waals surface area (Å²) in [5.41, 5.74) is 4.20. The van der Waals surface area contributed by atoms with Crippen LogP contribution in [0.15, 0.2) is 18.2 Å². The minimum atomic E-state index is 0.174. The molecule has 2 nitrogen and oxygen atoms in total. The van der Waals surface area contributed by atoms with Gasteiger partial charge in [0.1, 0.15) is 18.0 Å². The van der Waals surface area contributed by atoms with E-state index in [9.17, 15) is 0 Å². The molecule has 0 radical (unpaired) electrons. The predicted molar refractivity (Wildman–Crippen MR) is 126 cm³/mol. The Morgan fingerprint density at radius 3 is 1.69 bits per heavy atom. The lowest BCUT2D eigenvalue weighted by molar-refractivity contribution is -0.00959. The van der Waals surface area contributed by atoms with Crippen molar-refractivity contribution in [1.29, 1.82) is 0 Å². The average molecular weight is 433 g/mol. The van der Waals surface area contributed by atoms with Crippen LogP contribution in [0.1, 0.15) is 95.1 Å². The molecule has 0 aromatic heterocycles. The SMILES string of the molecule is CC(Oc1ccc(C23CC4CC(CC(C4)C2)C3)cc1C12CC3CC(CC(C3)C1)C2)C1CO1. The summed E-state index contributed by atoms with van der Waals surface area (Å²) in [4.78, 5) is 0. The lowest BCUT2D eigenvalue weighted by Gasteiger charge is -2.58. The molecule has 9 aliphatic rings. The first-order valence-corrected chi connectivity index (χ1v) is 14.0. The molecule has 1 aromatic rings. The summed E-state index contributed by atoms with van der Waals surface area (Å²) in [5, 5.41) is 0. The maximum absolute atomic E-state index is 6.71. The molecular weight excluding hydrogens is 392 g/mol. The van der Waals surface area contributed by atoms with Crippen LogP contribution < -0.4 is 4.74 Å². The van der Waals surface area contributed by atoms with Gasteiger partial charge in [-0.3, -0.25) is 0 Å². The van der Waals surface area contributed by atoms with Crippen molar-refractivity contribution in [2.45, 2.75) is 107 Å². The van der Waals surface area contributed by atoms with Crippen LogP contribution in [-0.4, -0.2) is 18.8 Å². The molecule has 8 aliphatic carbocycles. The fraction of sp³-hybridized carbons (Fsp3) is 0.800. The molecule has 172 valence electrons. The molecule has 0 N–H and O–H groups in total. The smallest absolute Gasteiger partial charge is 0.124 e. The molecule has 2 unspecified atom stereocenters. The minimum absolute atomic E-state index is 0.174.